The summed E-state index contributed by atoms with van der Waals surface area (Å²) in [6.45, 7) is 5.06. The lowest BCUT2D eigenvalue weighted by molar-refractivity contribution is -0.131. The molecule has 0 unspecified atom stereocenters. The fourth-order valence-corrected chi connectivity index (χ4v) is 4.39. The number of aryl methyl sites for hydroxylation is 2. The number of rotatable bonds is 5. The Balaban J connectivity index is 1.24. The van der Waals surface area contributed by atoms with Crippen LogP contribution in [0.2, 0.25) is 0 Å². The number of hydrogen-bond acceptors (Lipinski definition) is 4. The highest BCUT2D eigenvalue weighted by Crippen LogP contribution is 2.23. The summed E-state index contributed by atoms with van der Waals surface area (Å²) in [5, 5.41) is 5.05. The summed E-state index contributed by atoms with van der Waals surface area (Å²) in [6.07, 6.45) is 1.11. The zero-order valence-electron chi connectivity index (χ0n) is 19.6. The van der Waals surface area contributed by atoms with Crippen molar-refractivity contribution in [1.29, 1.82) is 0 Å². The van der Waals surface area contributed by atoms with E-state index in [1.165, 1.54) is 0 Å². The summed E-state index contributed by atoms with van der Waals surface area (Å²) in [7, 11) is 0. The monoisotopic (exact) mass is 458 g/mol. The average molecular weight is 459 g/mol. The highest BCUT2D eigenvalue weighted by Gasteiger charge is 2.28. The first kappa shape index (κ1) is 23.3. The predicted octanol–water partition coefficient (Wildman–Crippen LogP) is 3.57. The van der Waals surface area contributed by atoms with Crippen molar-refractivity contribution in [3.63, 3.8) is 0 Å². The topological polar surface area (TPSA) is 90.5 Å². The van der Waals surface area contributed by atoms with Gasteiger partial charge in [-0.05, 0) is 55.2 Å². The molecule has 4 rings (SSSR count). The van der Waals surface area contributed by atoms with Crippen LogP contribution < -0.4 is 16.2 Å². The highest BCUT2D eigenvalue weighted by atomic mass is 16.2. The number of nitrogens with one attached hydrogen (secondary N) is 3. The number of piperidine rings is 1. The van der Waals surface area contributed by atoms with Crippen LogP contribution in [0.25, 0.3) is 10.8 Å². The Morgan fingerprint density at radius 2 is 1.65 bits per heavy atom. The number of likely N-dealkylation sites (tertiary alicyclic amines) is 1. The predicted molar refractivity (Wildman–Crippen MR) is 133 cm³/mol. The van der Waals surface area contributed by atoms with E-state index in [2.05, 4.69) is 16.2 Å². The smallest absolute Gasteiger partial charge is 0.257 e. The molecule has 34 heavy (non-hydrogen) atoms. The van der Waals surface area contributed by atoms with Crippen LogP contribution in [-0.4, -0.2) is 42.3 Å². The van der Waals surface area contributed by atoms with E-state index in [-0.39, 0.29) is 30.2 Å². The van der Waals surface area contributed by atoms with Crippen molar-refractivity contribution in [2.75, 3.05) is 25.0 Å². The molecule has 1 aliphatic heterocycles. The van der Waals surface area contributed by atoms with Crippen molar-refractivity contribution in [2.24, 2.45) is 5.92 Å². The van der Waals surface area contributed by atoms with E-state index in [1.54, 1.807) is 4.90 Å². The molecule has 3 N–H and O–H groups in total. The fraction of sp³-hybridized carbons (Fsp3) is 0.296. The molecule has 0 spiro atoms. The Labute approximate surface area is 199 Å². The third kappa shape index (κ3) is 5.36. The summed E-state index contributed by atoms with van der Waals surface area (Å²) in [5.41, 5.74) is 8.79. The van der Waals surface area contributed by atoms with Gasteiger partial charge in [0.1, 0.15) is 0 Å². The SMILES string of the molecule is Cc1ccc(NCC(=O)NNC(=O)C2CCN(C(=O)c3cccc4ccccc34)CC2)c(C)c1. The highest BCUT2D eigenvalue weighted by molar-refractivity contribution is 6.07. The molecule has 7 nitrogen and oxygen atoms in total. The lowest BCUT2D eigenvalue weighted by Gasteiger charge is -2.31. The second kappa shape index (κ2) is 10.4. The fourth-order valence-electron chi connectivity index (χ4n) is 4.39. The van der Waals surface area contributed by atoms with Gasteiger partial charge in [-0.1, -0.05) is 54.1 Å². The number of hydrogen-bond donors (Lipinski definition) is 3. The molecule has 1 aliphatic rings. The summed E-state index contributed by atoms with van der Waals surface area (Å²) in [5.74, 6) is -0.806. The minimum Gasteiger partial charge on any atom is -0.376 e. The number of benzene rings is 3. The van der Waals surface area contributed by atoms with Gasteiger partial charge in [-0.3, -0.25) is 25.2 Å². The van der Waals surface area contributed by atoms with Crippen LogP contribution in [0.4, 0.5) is 5.69 Å². The largest absolute Gasteiger partial charge is 0.376 e. The van der Waals surface area contributed by atoms with E-state index in [0.717, 1.165) is 27.6 Å². The van der Waals surface area contributed by atoms with E-state index in [9.17, 15) is 14.4 Å². The molecule has 3 aromatic carbocycles. The number of amides is 3. The zero-order valence-corrected chi connectivity index (χ0v) is 19.6. The third-order valence-electron chi connectivity index (χ3n) is 6.32. The molecular weight excluding hydrogens is 428 g/mol. The Morgan fingerprint density at radius 1 is 0.912 bits per heavy atom. The number of fused-ring (bicyclic) bond motifs is 1. The molecule has 0 saturated carbocycles. The molecule has 1 fully saturated rings. The average Bonchev–Trinajstić information content (AvgIpc) is 2.86. The molecular formula is C27H30N4O3. The molecule has 0 aromatic heterocycles. The first-order valence-electron chi connectivity index (χ1n) is 11.6. The maximum absolute atomic E-state index is 13.1. The van der Waals surface area contributed by atoms with Crippen LogP contribution >= 0.6 is 0 Å². The maximum Gasteiger partial charge on any atom is 0.257 e. The van der Waals surface area contributed by atoms with Gasteiger partial charge in [-0.15, -0.1) is 0 Å². The number of nitrogens with zero attached hydrogens (tertiary/aromatic N) is 1. The molecule has 0 radical (unpaired) electrons. The van der Waals surface area contributed by atoms with Crippen molar-refractivity contribution in [3.05, 3.63) is 77.4 Å². The Kier molecular flexibility index (Phi) is 7.11. The Hall–Kier alpha value is -3.87. The first-order valence-corrected chi connectivity index (χ1v) is 11.6. The normalized spacial score (nSPS) is 14.0. The van der Waals surface area contributed by atoms with Crippen molar-refractivity contribution >= 4 is 34.2 Å². The van der Waals surface area contributed by atoms with Gasteiger partial charge in [0.15, 0.2) is 0 Å². The van der Waals surface area contributed by atoms with Gasteiger partial charge in [0.2, 0.25) is 5.91 Å². The van der Waals surface area contributed by atoms with Crippen LogP contribution in [0.1, 0.15) is 34.3 Å². The van der Waals surface area contributed by atoms with E-state index in [0.29, 0.717) is 31.5 Å². The van der Waals surface area contributed by atoms with Gasteiger partial charge in [0.05, 0.1) is 6.54 Å². The van der Waals surface area contributed by atoms with Crippen LogP contribution in [0.15, 0.2) is 60.7 Å². The minimum absolute atomic E-state index is 0.0126. The second-order valence-electron chi connectivity index (χ2n) is 8.80. The summed E-state index contributed by atoms with van der Waals surface area (Å²) < 4.78 is 0. The number of carbonyl (C=O) groups is 3. The molecule has 176 valence electrons. The lowest BCUT2D eigenvalue weighted by atomic mass is 9.95. The molecule has 3 aromatic rings. The standard InChI is InChI=1S/C27H30N4O3/c1-18-10-11-24(19(2)16-18)28-17-25(32)29-30-26(33)21-12-14-31(15-13-21)27(34)23-9-5-7-20-6-3-4-8-22(20)23/h3-11,16,21,28H,12-15,17H2,1-2H3,(H,29,32)(H,30,33). The van der Waals surface area contributed by atoms with Crippen LogP contribution in [0.5, 0.6) is 0 Å². The lowest BCUT2D eigenvalue weighted by Crippen LogP contribution is -2.49. The van der Waals surface area contributed by atoms with Gasteiger partial charge in [-0.25, -0.2) is 0 Å². The van der Waals surface area contributed by atoms with Gasteiger partial charge in [0.25, 0.3) is 11.8 Å². The van der Waals surface area contributed by atoms with Crippen molar-refractivity contribution in [2.45, 2.75) is 26.7 Å². The van der Waals surface area contributed by atoms with Crippen LogP contribution in [0, 0.1) is 19.8 Å². The van der Waals surface area contributed by atoms with E-state index in [1.807, 2.05) is 74.5 Å². The second-order valence-corrected chi connectivity index (χ2v) is 8.80. The van der Waals surface area contributed by atoms with Gasteiger partial charge >= 0.3 is 0 Å². The summed E-state index contributed by atoms with van der Waals surface area (Å²) in [4.78, 5) is 39.6. The third-order valence-corrected chi connectivity index (χ3v) is 6.32. The molecule has 0 aliphatic carbocycles. The number of hydrazine groups is 1. The molecule has 3 amide bonds. The Morgan fingerprint density at radius 3 is 2.41 bits per heavy atom. The first-order chi connectivity index (χ1) is 16.4. The van der Waals surface area contributed by atoms with Crippen molar-refractivity contribution in [3.8, 4) is 0 Å². The van der Waals surface area contributed by atoms with Crippen molar-refractivity contribution in [1.82, 2.24) is 15.8 Å². The zero-order chi connectivity index (χ0) is 24.1. The van der Waals surface area contributed by atoms with Crippen LogP contribution in [-0.2, 0) is 9.59 Å². The number of carbonyl (C=O) groups excluding carboxylic acids is 3. The molecule has 0 atom stereocenters. The molecule has 1 saturated heterocycles. The Bertz CT molecular complexity index is 1210. The quantitative estimate of drug-likeness (QED) is 0.510. The summed E-state index contributed by atoms with van der Waals surface area (Å²) in [6, 6.07) is 19.5. The number of anilines is 1. The maximum atomic E-state index is 13.1. The van der Waals surface area contributed by atoms with E-state index < -0.39 is 0 Å². The van der Waals surface area contributed by atoms with Crippen LogP contribution in [0.3, 0.4) is 0 Å². The van der Waals surface area contributed by atoms with Gasteiger partial charge in [0, 0.05) is 30.3 Å². The molecule has 0 bridgehead atoms. The molecule has 1 heterocycles. The van der Waals surface area contributed by atoms with Gasteiger partial charge in [-0.2, -0.15) is 0 Å². The molecule has 7 heteroatoms. The summed E-state index contributed by atoms with van der Waals surface area (Å²) >= 11 is 0. The van der Waals surface area contributed by atoms with Crippen molar-refractivity contribution < 1.29 is 14.4 Å². The minimum atomic E-state index is -0.322. The van der Waals surface area contributed by atoms with E-state index >= 15 is 0 Å². The van der Waals surface area contributed by atoms with E-state index in [4.69, 9.17) is 0 Å². The van der Waals surface area contributed by atoms with Gasteiger partial charge < -0.3 is 10.2 Å².